The third-order valence-electron chi connectivity index (χ3n) is 8.03. The Labute approximate surface area is 253 Å². The van der Waals surface area contributed by atoms with Crippen molar-refractivity contribution in [1.29, 1.82) is 0 Å². The van der Waals surface area contributed by atoms with Crippen molar-refractivity contribution < 1.29 is 14.4 Å². The Morgan fingerprint density at radius 2 is 2.16 bits per heavy atom. The van der Waals surface area contributed by atoms with Crippen LogP contribution in [0.4, 0.5) is 9.93 Å². The van der Waals surface area contributed by atoms with Gasteiger partial charge in [0.15, 0.2) is 5.13 Å². The molecule has 4 aromatic rings. The van der Waals surface area contributed by atoms with Crippen LogP contribution in [-0.2, 0) is 22.6 Å². The Kier molecular flexibility index (Phi) is 8.00. The second-order valence-corrected chi connectivity index (χ2v) is 11.9. The number of urea groups is 1. The number of nitrogens with two attached hydrogens (primary N) is 1. The van der Waals surface area contributed by atoms with Gasteiger partial charge in [0.2, 0.25) is 11.8 Å². The van der Waals surface area contributed by atoms with Gasteiger partial charge in [0.1, 0.15) is 12.2 Å². The fourth-order valence-corrected chi connectivity index (χ4v) is 6.76. The molecule has 43 heavy (non-hydrogen) atoms. The summed E-state index contributed by atoms with van der Waals surface area (Å²) in [6.45, 7) is 7.17. The van der Waals surface area contributed by atoms with Crippen LogP contribution in [0, 0.1) is 0 Å². The molecule has 0 aliphatic carbocycles. The Balaban J connectivity index is 1.35. The van der Waals surface area contributed by atoms with Gasteiger partial charge in [-0.2, -0.15) is 10.1 Å². The zero-order chi connectivity index (χ0) is 30.1. The van der Waals surface area contributed by atoms with E-state index < -0.39 is 12.2 Å². The lowest BCUT2D eigenvalue weighted by Crippen LogP contribution is -2.66. The van der Waals surface area contributed by atoms with Crippen LogP contribution in [0.2, 0.25) is 0 Å². The maximum atomic E-state index is 14.2. The van der Waals surface area contributed by atoms with E-state index in [1.807, 2.05) is 36.4 Å². The third-order valence-corrected chi connectivity index (χ3v) is 8.88. The van der Waals surface area contributed by atoms with Crippen molar-refractivity contribution in [3.8, 4) is 0 Å². The molecular weight excluding hydrogens is 566 g/mol. The van der Waals surface area contributed by atoms with Crippen LogP contribution in [0.1, 0.15) is 30.9 Å². The highest BCUT2D eigenvalue weighted by Gasteiger charge is 2.52. The lowest BCUT2D eigenvalue weighted by Gasteiger charge is -2.46. The molecule has 2 fully saturated rings. The number of aromatic nitrogens is 3. The normalized spacial score (nSPS) is 18.9. The number of aromatic amines is 1. The number of carbonyl (C=O) groups is 3. The van der Waals surface area contributed by atoms with Gasteiger partial charge < -0.3 is 20.9 Å². The van der Waals surface area contributed by atoms with Crippen LogP contribution in [0.5, 0.6) is 0 Å². The van der Waals surface area contributed by atoms with Crippen molar-refractivity contribution in [3.05, 3.63) is 66.4 Å². The van der Waals surface area contributed by atoms with Crippen molar-refractivity contribution >= 4 is 55.4 Å². The molecule has 2 aliphatic rings. The minimum absolute atomic E-state index is 0.0176. The maximum Gasteiger partial charge on any atom is 0.332 e. The number of nitrogen functional groups attached to an aromatic ring is 1. The molecule has 0 radical (unpaired) electrons. The molecule has 2 atom stereocenters. The zero-order valence-corrected chi connectivity index (χ0v) is 24.8. The van der Waals surface area contributed by atoms with Gasteiger partial charge in [0.05, 0.1) is 41.6 Å². The monoisotopic (exact) mass is 601 g/mol. The molecule has 4 amide bonds. The van der Waals surface area contributed by atoms with Gasteiger partial charge >= 0.3 is 6.03 Å². The van der Waals surface area contributed by atoms with Gasteiger partial charge in [-0.05, 0) is 35.7 Å². The largest absolute Gasteiger partial charge is 0.375 e. The fraction of sp³-hybridized carbons (Fsp3) is 0.367. The predicted octanol–water partition coefficient (Wildman–Crippen LogP) is 3.09. The molecule has 2 aromatic carbocycles. The number of anilines is 1. The van der Waals surface area contributed by atoms with Crippen LogP contribution in [0.15, 0.2) is 55.3 Å². The number of thiazole rings is 1. The Morgan fingerprint density at radius 1 is 1.30 bits per heavy atom. The summed E-state index contributed by atoms with van der Waals surface area (Å²) in [5.74, 6) is -0.348. The van der Waals surface area contributed by atoms with E-state index in [2.05, 4.69) is 34.0 Å². The van der Waals surface area contributed by atoms with Crippen molar-refractivity contribution in [2.24, 2.45) is 0 Å². The summed E-state index contributed by atoms with van der Waals surface area (Å²) in [5, 5.41) is 14.7. The van der Waals surface area contributed by atoms with Crippen molar-refractivity contribution in [1.82, 2.24) is 40.3 Å². The number of para-hydroxylation sites is 1. The topological polar surface area (TPSA) is 144 Å². The number of benzene rings is 2. The average molecular weight is 602 g/mol. The van der Waals surface area contributed by atoms with Gasteiger partial charge in [-0.3, -0.25) is 19.7 Å². The van der Waals surface area contributed by atoms with E-state index in [0.29, 0.717) is 24.6 Å². The first-order valence-electron chi connectivity index (χ1n) is 14.5. The van der Waals surface area contributed by atoms with E-state index in [-0.39, 0.29) is 37.5 Å². The molecule has 0 unspecified atom stereocenters. The highest BCUT2D eigenvalue weighted by molar-refractivity contribution is 7.22. The van der Waals surface area contributed by atoms with Crippen LogP contribution in [0.3, 0.4) is 0 Å². The highest BCUT2D eigenvalue weighted by Crippen LogP contribution is 2.32. The molecule has 2 aliphatic heterocycles. The number of rotatable bonds is 10. The average Bonchev–Trinajstić information content (AvgIpc) is 3.70. The first kappa shape index (κ1) is 28.6. The Morgan fingerprint density at radius 3 is 2.98 bits per heavy atom. The molecule has 0 saturated carbocycles. The van der Waals surface area contributed by atoms with E-state index in [4.69, 9.17) is 5.73 Å². The molecule has 12 nitrogen and oxygen atoms in total. The molecule has 224 valence electrons. The number of amides is 4. The summed E-state index contributed by atoms with van der Waals surface area (Å²) < 4.78 is 0.949. The number of hydrazine groups is 1. The quantitative estimate of drug-likeness (QED) is 0.187. The number of unbranched alkanes of at least 4 members (excludes halogenated alkanes) is 1. The molecule has 13 heteroatoms. The third kappa shape index (κ3) is 5.53. The minimum Gasteiger partial charge on any atom is -0.375 e. The van der Waals surface area contributed by atoms with Crippen LogP contribution >= 0.6 is 11.3 Å². The second kappa shape index (κ2) is 12.0. The fourth-order valence-electron chi connectivity index (χ4n) is 5.98. The molecule has 2 aromatic heterocycles. The highest BCUT2D eigenvalue weighted by atomic mass is 32.1. The van der Waals surface area contributed by atoms with Crippen molar-refractivity contribution in [2.75, 3.05) is 31.9 Å². The van der Waals surface area contributed by atoms with Gasteiger partial charge in [-0.25, -0.2) is 9.78 Å². The lowest BCUT2D eigenvalue weighted by molar-refractivity contribution is -0.157. The second-order valence-electron chi connectivity index (χ2n) is 10.9. The van der Waals surface area contributed by atoms with Gasteiger partial charge in [-0.15, -0.1) is 6.58 Å². The smallest absolute Gasteiger partial charge is 0.332 e. The van der Waals surface area contributed by atoms with Crippen LogP contribution in [0.25, 0.3) is 21.1 Å². The van der Waals surface area contributed by atoms with Crippen molar-refractivity contribution in [2.45, 2.75) is 44.9 Å². The molecule has 2 saturated heterocycles. The molecule has 6 rings (SSSR count). The van der Waals surface area contributed by atoms with Crippen LogP contribution < -0.4 is 11.1 Å². The van der Waals surface area contributed by atoms with Crippen LogP contribution in [-0.4, -0.2) is 91.2 Å². The van der Waals surface area contributed by atoms with Gasteiger partial charge in [0.25, 0.3) is 0 Å². The maximum absolute atomic E-state index is 14.2. The number of fused-ring (bicyclic) bond motifs is 3. The molecule has 0 spiro atoms. The number of piperazine rings is 1. The van der Waals surface area contributed by atoms with E-state index in [0.717, 1.165) is 45.1 Å². The summed E-state index contributed by atoms with van der Waals surface area (Å²) in [6, 6.07) is 10.7. The number of carbonyl (C=O) groups excluding carboxylic acids is 3. The number of nitrogens with one attached hydrogen (secondary N) is 2. The van der Waals surface area contributed by atoms with Crippen molar-refractivity contribution in [3.63, 3.8) is 0 Å². The SMILES string of the molecule is C=CCN(C(=O)NCCCC)N1CC(=O)N2[C@@H](Cc3ccc4[nH]ncc4c3)C(=O)N(Cc3cccc4sc(N)nc34)C[C@@H]21. The van der Waals surface area contributed by atoms with E-state index in [9.17, 15) is 14.4 Å². The first-order valence-corrected chi connectivity index (χ1v) is 15.3. The summed E-state index contributed by atoms with van der Waals surface area (Å²) in [4.78, 5) is 49.2. The van der Waals surface area contributed by atoms with Gasteiger partial charge in [0, 0.05) is 24.9 Å². The number of H-pyrrole nitrogens is 1. The van der Waals surface area contributed by atoms with Gasteiger partial charge in [-0.1, -0.05) is 49.0 Å². The summed E-state index contributed by atoms with van der Waals surface area (Å²) in [5.41, 5.74) is 9.47. The molecule has 0 bridgehead atoms. The number of hydrogen-bond acceptors (Lipinski definition) is 8. The van der Waals surface area contributed by atoms with E-state index in [1.54, 1.807) is 27.1 Å². The lowest BCUT2D eigenvalue weighted by atomic mass is 9.99. The van der Waals surface area contributed by atoms with E-state index in [1.165, 1.54) is 16.3 Å². The standard InChI is InChI=1S/C30H35N9O3S/c1-3-5-11-32-30(42)37(12-4-2)38-18-26(40)39-23(14-19-9-10-22-21(13-19)15-33-35-22)28(41)36(17-25(38)39)16-20-7-6-8-24-27(20)34-29(31)43-24/h4,6-10,13,15,23,25H,2-3,5,11-12,14,16-18H2,1H3,(H2,31,34)(H,32,42)(H,33,35)/t23-,25+/m0/s1. The minimum atomic E-state index is -0.756. The Hall–Kier alpha value is -4.49. The molecule has 4 heterocycles. The number of hydrogen-bond donors (Lipinski definition) is 3. The Bertz CT molecular complexity index is 1680. The first-order chi connectivity index (χ1) is 20.9. The molecule has 4 N–H and O–H groups in total. The zero-order valence-electron chi connectivity index (χ0n) is 24.0. The summed E-state index contributed by atoms with van der Waals surface area (Å²) in [6.07, 6.45) is 4.96. The number of nitrogens with zero attached hydrogens (tertiary/aromatic N) is 6. The summed E-state index contributed by atoms with van der Waals surface area (Å²) in [7, 11) is 0. The van der Waals surface area contributed by atoms with E-state index >= 15 is 0 Å². The summed E-state index contributed by atoms with van der Waals surface area (Å²) >= 11 is 1.40. The predicted molar refractivity (Wildman–Crippen MR) is 166 cm³/mol. The molecular formula is C30H35N9O3S.